The molecule has 1 aromatic carbocycles. The number of aliphatic hydroxyl groups excluding tert-OH is 1. The number of allylic oxidation sites excluding steroid dienone is 1. The maximum atomic E-state index is 12.2. The molecule has 0 unspecified atom stereocenters. The molecule has 5 rings (SSSR count). The van der Waals surface area contributed by atoms with Crippen LogP contribution in [0.2, 0.25) is 0 Å². The van der Waals surface area contributed by atoms with Gasteiger partial charge in [0.15, 0.2) is 5.76 Å². The van der Waals surface area contributed by atoms with Gasteiger partial charge in [-0.3, -0.25) is 14.8 Å². The molecule has 3 aromatic heterocycles. The third-order valence-corrected chi connectivity index (χ3v) is 5.48. The van der Waals surface area contributed by atoms with E-state index in [4.69, 9.17) is 5.11 Å². The van der Waals surface area contributed by atoms with Gasteiger partial charge in [0.25, 0.3) is 5.91 Å². The molecule has 0 aliphatic carbocycles. The van der Waals surface area contributed by atoms with Gasteiger partial charge in [-0.2, -0.15) is 13.2 Å². The third kappa shape index (κ3) is 4.63. The zero-order valence-corrected chi connectivity index (χ0v) is 18.2. The molecule has 0 saturated heterocycles. The highest BCUT2D eigenvalue weighted by Gasteiger charge is 2.31. The Morgan fingerprint density at radius 3 is 2.56 bits per heavy atom. The van der Waals surface area contributed by atoms with Gasteiger partial charge in [0.05, 0.1) is 16.8 Å². The predicted molar refractivity (Wildman–Crippen MR) is 123 cm³/mol. The molecule has 1 aliphatic heterocycles. The topological polar surface area (TPSA) is 90.9 Å². The van der Waals surface area contributed by atoms with Crippen LogP contribution in [0.15, 0.2) is 67.2 Å². The molecule has 0 saturated carbocycles. The Morgan fingerprint density at radius 1 is 1.12 bits per heavy atom. The largest absolute Gasteiger partial charge is 0.505 e. The van der Waals surface area contributed by atoms with E-state index < -0.39 is 11.9 Å². The summed E-state index contributed by atoms with van der Waals surface area (Å²) in [4.78, 5) is 24.7. The maximum absolute atomic E-state index is 12.2. The van der Waals surface area contributed by atoms with Crippen molar-refractivity contribution in [2.45, 2.75) is 19.5 Å². The van der Waals surface area contributed by atoms with Crippen LogP contribution >= 0.6 is 0 Å². The van der Waals surface area contributed by atoms with Crippen LogP contribution in [0.4, 0.5) is 13.2 Å². The van der Waals surface area contributed by atoms with E-state index >= 15 is 0 Å². The number of hydrogen-bond donors (Lipinski definition) is 3. The van der Waals surface area contributed by atoms with Gasteiger partial charge in [0.2, 0.25) is 0 Å². The van der Waals surface area contributed by atoms with Crippen molar-refractivity contribution in [3.63, 3.8) is 0 Å². The molecule has 1 aliphatic rings. The van der Waals surface area contributed by atoms with E-state index in [1.165, 1.54) is 0 Å². The number of carbonyl (C=O) groups excluding carboxylic acids is 1. The number of aromatic nitrogens is 3. The minimum atomic E-state index is -4.64. The minimum absolute atomic E-state index is 0.00394. The number of benzene rings is 1. The lowest BCUT2D eigenvalue weighted by molar-refractivity contribution is -0.119. The van der Waals surface area contributed by atoms with Crippen LogP contribution in [-0.4, -0.2) is 38.7 Å². The van der Waals surface area contributed by atoms with E-state index in [1.54, 1.807) is 6.20 Å². The number of H-pyrrole nitrogens is 1. The summed E-state index contributed by atoms with van der Waals surface area (Å²) in [6, 6.07) is 14.2. The molecule has 6 nitrogen and oxygen atoms in total. The van der Waals surface area contributed by atoms with Gasteiger partial charge in [-0.05, 0) is 36.8 Å². The standard InChI is InChI=1S/C22H18N4O.C3H3F3O/c1-13-20-18(7-9-24-22(20)27)26-21(13)15-6-8-23-19(11-15)16-10-14-4-2-3-5-17(14)25-12-16;1-2(7)3(4,5)6/h2-6,8,10-12,26H,7,9H2,1H3,(H,24,27);7H,1H2. The van der Waals surface area contributed by atoms with Gasteiger partial charge in [-0.25, -0.2) is 0 Å². The van der Waals surface area contributed by atoms with Gasteiger partial charge in [-0.1, -0.05) is 24.8 Å². The van der Waals surface area contributed by atoms with E-state index in [-0.39, 0.29) is 5.91 Å². The number of amides is 1. The fraction of sp³-hybridized carbons (Fsp3) is 0.160. The Labute approximate surface area is 193 Å². The number of nitrogens with one attached hydrogen (secondary N) is 2. The van der Waals surface area contributed by atoms with E-state index in [9.17, 15) is 18.0 Å². The van der Waals surface area contributed by atoms with Crippen LogP contribution in [0.1, 0.15) is 21.6 Å². The average Bonchev–Trinajstić information content (AvgIpc) is 3.16. The maximum Gasteiger partial charge on any atom is 0.448 e. The molecule has 1 amide bonds. The molecular weight excluding hydrogens is 445 g/mol. The first-order chi connectivity index (χ1) is 16.1. The van der Waals surface area contributed by atoms with Crippen molar-refractivity contribution in [2.75, 3.05) is 6.54 Å². The second kappa shape index (κ2) is 9.01. The first kappa shape index (κ1) is 23.0. The van der Waals surface area contributed by atoms with Crippen molar-refractivity contribution in [1.29, 1.82) is 0 Å². The zero-order chi connectivity index (χ0) is 24.5. The molecule has 4 aromatic rings. The lowest BCUT2D eigenvalue weighted by atomic mass is 10.0. The fourth-order valence-electron chi connectivity index (χ4n) is 3.79. The summed E-state index contributed by atoms with van der Waals surface area (Å²) in [6.45, 7) is 4.93. The van der Waals surface area contributed by atoms with Crippen molar-refractivity contribution >= 4 is 16.8 Å². The quantitative estimate of drug-likeness (QED) is 0.340. The Kier molecular flexibility index (Phi) is 6.10. The molecule has 0 fully saturated rings. The molecule has 9 heteroatoms. The highest BCUT2D eigenvalue weighted by Crippen LogP contribution is 2.31. The van der Waals surface area contributed by atoms with E-state index in [0.717, 1.165) is 56.7 Å². The fourth-order valence-corrected chi connectivity index (χ4v) is 3.79. The summed E-state index contributed by atoms with van der Waals surface area (Å²) >= 11 is 0. The summed E-state index contributed by atoms with van der Waals surface area (Å²) in [6.07, 6.45) is -0.151. The Morgan fingerprint density at radius 2 is 1.85 bits per heavy atom. The number of aliphatic hydroxyl groups is 1. The van der Waals surface area contributed by atoms with Crippen molar-refractivity contribution < 1.29 is 23.1 Å². The second-order valence-electron chi connectivity index (χ2n) is 7.78. The van der Waals surface area contributed by atoms with Gasteiger partial charge < -0.3 is 15.4 Å². The number of fused-ring (bicyclic) bond motifs is 2. The Bertz CT molecular complexity index is 1390. The van der Waals surface area contributed by atoms with E-state index in [0.29, 0.717) is 6.54 Å². The third-order valence-electron chi connectivity index (χ3n) is 5.48. The smallest absolute Gasteiger partial charge is 0.448 e. The molecule has 0 radical (unpaired) electrons. The Hall–Kier alpha value is -4.14. The molecule has 174 valence electrons. The van der Waals surface area contributed by atoms with Crippen LogP contribution in [0.5, 0.6) is 0 Å². The normalized spacial score (nSPS) is 13.0. The number of halogens is 3. The number of nitrogens with zero attached hydrogens (tertiary/aromatic N) is 2. The van der Waals surface area contributed by atoms with E-state index in [2.05, 4.69) is 39.0 Å². The highest BCUT2D eigenvalue weighted by molar-refractivity contribution is 6.00. The summed E-state index contributed by atoms with van der Waals surface area (Å²) in [7, 11) is 0. The van der Waals surface area contributed by atoms with Crippen LogP contribution in [-0.2, 0) is 6.42 Å². The van der Waals surface area contributed by atoms with Gasteiger partial charge >= 0.3 is 6.18 Å². The first-order valence-electron chi connectivity index (χ1n) is 10.4. The SMILES string of the molecule is C=C(O)C(F)(F)F.Cc1c(-c2ccnc(-c3cnc4ccccc4c3)c2)[nH]c2c1C(=O)NCC2. The van der Waals surface area contributed by atoms with Gasteiger partial charge in [-0.15, -0.1) is 0 Å². The van der Waals surface area contributed by atoms with Crippen molar-refractivity contribution in [2.24, 2.45) is 0 Å². The number of rotatable bonds is 2. The number of alkyl halides is 3. The van der Waals surface area contributed by atoms with Crippen molar-refractivity contribution in [3.8, 4) is 22.5 Å². The molecular formula is C25H21F3N4O2. The summed E-state index contributed by atoms with van der Waals surface area (Å²) in [5.74, 6) is -1.75. The highest BCUT2D eigenvalue weighted by atomic mass is 19.4. The lowest BCUT2D eigenvalue weighted by Gasteiger charge is -2.12. The van der Waals surface area contributed by atoms with Crippen molar-refractivity contribution in [1.82, 2.24) is 20.3 Å². The molecule has 0 bridgehead atoms. The molecule has 4 heterocycles. The number of hydrogen-bond acceptors (Lipinski definition) is 4. The number of carbonyl (C=O) groups is 1. The average molecular weight is 466 g/mol. The monoisotopic (exact) mass is 466 g/mol. The molecule has 0 atom stereocenters. The lowest BCUT2D eigenvalue weighted by Crippen LogP contribution is -2.31. The van der Waals surface area contributed by atoms with Crippen molar-refractivity contribution in [3.05, 3.63) is 84.0 Å². The number of para-hydroxylation sites is 1. The number of pyridine rings is 2. The molecule has 34 heavy (non-hydrogen) atoms. The second-order valence-corrected chi connectivity index (χ2v) is 7.78. The van der Waals surface area contributed by atoms with Crippen LogP contribution in [0.3, 0.4) is 0 Å². The summed E-state index contributed by atoms with van der Waals surface area (Å²) in [5, 5.41) is 11.6. The molecule has 0 spiro atoms. The van der Waals surface area contributed by atoms with Gasteiger partial charge in [0, 0.05) is 53.3 Å². The van der Waals surface area contributed by atoms with E-state index in [1.807, 2.05) is 43.5 Å². The van der Waals surface area contributed by atoms with Crippen LogP contribution < -0.4 is 5.32 Å². The zero-order valence-electron chi connectivity index (χ0n) is 18.2. The minimum Gasteiger partial charge on any atom is -0.505 e. The first-order valence-corrected chi connectivity index (χ1v) is 10.4. The number of aromatic amines is 1. The van der Waals surface area contributed by atoms with Crippen LogP contribution in [0, 0.1) is 6.92 Å². The summed E-state index contributed by atoms with van der Waals surface area (Å²) in [5.41, 5.74) is 7.58. The summed E-state index contributed by atoms with van der Waals surface area (Å²) < 4.78 is 32.5. The van der Waals surface area contributed by atoms with Crippen LogP contribution in [0.25, 0.3) is 33.4 Å². The molecule has 3 N–H and O–H groups in total. The van der Waals surface area contributed by atoms with Gasteiger partial charge in [0.1, 0.15) is 0 Å². The Balaban J connectivity index is 0.000000344. The predicted octanol–water partition coefficient (Wildman–Crippen LogP) is 5.51.